The third kappa shape index (κ3) is 26.8. The van der Waals surface area contributed by atoms with E-state index in [1.807, 2.05) is 62.3 Å². The van der Waals surface area contributed by atoms with Gasteiger partial charge in [0.1, 0.15) is 6.15 Å². The molecule has 359 valence electrons. The molecule has 0 atom stereocenters. The standard InChI is InChI=1S/C24H20B.C8H12.2C6H16O3P.C6H15O3P.Ir/c1-5-13-21(14-6-1)25(22-15-7-2-8-16-22,23-17-9-3-10-18-23)24-19-11-4-12-20-24;1-2-4-6-8-7-5-3-1;3*1-4-7-10(8-5-2)9-6-3;/h1-20H;1-2,7-8H,3-6H2;2*10H,4-6H2,1-3H3;4-6H2,1-3H3;/q-1;;2*+1;;. The summed E-state index contributed by atoms with van der Waals surface area (Å²) in [6.45, 7) is 23.3. The average molecular weight is 1120 g/mol. The van der Waals surface area contributed by atoms with Crippen LogP contribution in [-0.2, 0) is 60.8 Å². The van der Waals surface area contributed by atoms with Crippen LogP contribution in [0.2, 0.25) is 0 Å². The van der Waals surface area contributed by atoms with E-state index in [1.165, 1.54) is 47.5 Å². The summed E-state index contributed by atoms with van der Waals surface area (Å²) in [5.41, 5.74) is 5.36. The zero-order valence-electron chi connectivity index (χ0n) is 40.1. The Morgan fingerprint density at radius 2 is 0.547 bits per heavy atom. The second-order valence-electron chi connectivity index (χ2n) is 13.2. The molecule has 0 aromatic heterocycles. The summed E-state index contributed by atoms with van der Waals surface area (Å²) in [5.74, 6) is 0. The van der Waals surface area contributed by atoms with E-state index in [2.05, 4.69) is 147 Å². The molecule has 64 heavy (non-hydrogen) atoms. The van der Waals surface area contributed by atoms with Crippen LogP contribution in [0.25, 0.3) is 0 Å². The smallest absolute Gasteiger partial charge is 0.313 e. The Hall–Kier alpha value is -1.48. The first-order chi connectivity index (χ1) is 31.0. The third-order valence-corrected chi connectivity index (χ3v) is 13.4. The molecule has 0 bridgehead atoms. The summed E-state index contributed by atoms with van der Waals surface area (Å²) in [5, 5.41) is 0. The summed E-state index contributed by atoms with van der Waals surface area (Å²) in [6.07, 6.45) is 12.8. The van der Waals surface area contributed by atoms with Crippen LogP contribution in [0.5, 0.6) is 0 Å². The van der Waals surface area contributed by atoms with Crippen molar-refractivity contribution in [2.75, 3.05) is 59.5 Å². The Morgan fingerprint density at radius 1 is 0.344 bits per heavy atom. The molecule has 1 saturated carbocycles. The molecule has 1 aliphatic carbocycles. The van der Waals surface area contributed by atoms with Gasteiger partial charge in [-0.25, -0.2) is 0 Å². The van der Waals surface area contributed by atoms with Crippen molar-refractivity contribution in [2.45, 2.75) is 88.0 Å². The molecule has 0 amide bonds. The largest absolute Gasteiger partial charge is 0.397 e. The van der Waals surface area contributed by atoms with Gasteiger partial charge >= 0.3 is 25.8 Å². The van der Waals surface area contributed by atoms with E-state index < -0.39 is 32.0 Å². The molecular weight excluding hydrogens is 1040 g/mol. The number of rotatable bonds is 22. The van der Waals surface area contributed by atoms with Crippen LogP contribution in [0.1, 0.15) is 88.0 Å². The van der Waals surface area contributed by atoms with Crippen molar-refractivity contribution in [3.8, 4) is 0 Å². The second kappa shape index (κ2) is 44.1. The average Bonchev–Trinajstić information content (AvgIpc) is 3.30. The number of hydrogen-bond acceptors (Lipinski definition) is 9. The Kier molecular flexibility index (Phi) is 43.0. The Labute approximate surface area is 407 Å². The molecule has 0 unspecified atom stereocenters. The van der Waals surface area contributed by atoms with E-state index in [9.17, 15) is 0 Å². The molecule has 0 N–H and O–H groups in total. The minimum absolute atomic E-state index is 0. The van der Waals surface area contributed by atoms with Gasteiger partial charge in [0.15, 0.2) is 0 Å². The molecule has 5 radical (unpaired) electrons. The fourth-order valence-electron chi connectivity index (χ4n) is 6.36. The van der Waals surface area contributed by atoms with Gasteiger partial charge in [-0.3, -0.25) is 0 Å². The first-order valence-electron chi connectivity index (χ1n) is 22.8. The van der Waals surface area contributed by atoms with E-state index in [4.69, 9.17) is 40.7 Å². The predicted molar refractivity (Wildman–Crippen MR) is 274 cm³/mol. The summed E-state index contributed by atoms with van der Waals surface area (Å²) >= 11 is 0. The molecule has 1 fully saturated rings. The summed E-state index contributed by atoms with van der Waals surface area (Å²) in [7, 11) is -3.86. The van der Waals surface area contributed by atoms with E-state index in [0.717, 1.165) is 0 Å². The molecule has 4 aromatic rings. The Morgan fingerprint density at radius 3 is 0.719 bits per heavy atom. The van der Waals surface area contributed by atoms with Crippen molar-refractivity contribution in [1.29, 1.82) is 0 Å². The maximum atomic E-state index is 5.18. The van der Waals surface area contributed by atoms with Crippen molar-refractivity contribution in [1.82, 2.24) is 0 Å². The molecule has 0 heterocycles. The molecule has 5 rings (SSSR count). The fraction of sp³-hybridized carbons (Fsp3) is 0.440. The summed E-state index contributed by atoms with van der Waals surface area (Å²) in [6, 6.07) is 43.5. The molecule has 9 nitrogen and oxygen atoms in total. The van der Waals surface area contributed by atoms with E-state index in [0.29, 0.717) is 59.5 Å². The van der Waals surface area contributed by atoms with Gasteiger partial charge in [-0.05, 0) is 114 Å². The summed E-state index contributed by atoms with van der Waals surface area (Å²) < 4.78 is 46.5. The van der Waals surface area contributed by atoms with Crippen LogP contribution in [0.3, 0.4) is 0 Å². The Balaban J connectivity index is 0.000000857. The Bertz CT molecular complexity index is 1270. The van der Waals surface area contributed by atoms with Gasteiger partial charge in [-0.15, -0.1) is 0 Å². The molecular formula is C50H79BIrO9P3+. The van der Waals surface area contributed by atoms with Crippen LogP contribution in [0.15, 0.2) is 121 Å². The quantitative estimate of drug-likeness (QED) is 0.0564. The van der Waals surface area contributed by atoms with Crippen molar-refractivity contribution < 1.29 is 60.8 Å². The van der Waals surface area contributed by atoms with Crippen LogP contribution < -0.4 is 21.9 Å². The maximum Gasteiger partial charge on any atom is 0.397 e. The van der Waals surface area contributed by atoms with Crippen LogP contribution in [0, 0.1) is 25.7 Å². The van der Waals surface area contributed by atoms with E-state index in [-0.39, 0.29) is 20.1 Å². The van der Waals surface area contributed by atoms with Crippen molar-refractivity contribution >= 4 is 53.8 Å². The zero-order chi connectivity index (χ0) is 46.1. The molecule has 1 aliphatic rings. The third-order valence-electron chi connectivity index (χ3n) is 8.81. The van der Waals surface area contributed by atoms with Crippen LogP contribution in [0.4, 0.5) is 0 Å². The fourth-order valence-corrected chi connectivity index (χ4v) is 9.13. The van der Waals surface area contributed by atoms with Gasteiger partial charge in [0.25, 0.3) is 0 Å². The van der Waals surface area contributed by atoms with Crippen molar-refractivity contribution in [3.05, 3.63) is 147 Å². The van der Waals surface area contributed by atoms with Gasteiger partial charge in [0.05, 0.1) is 59.5 Å². The van der Waals surface area contributed by atoms with E-state index >= 15 is 0 Å². The monoisotopic (exact) mass is 1120 g/mol. The molecule has 0 saturated heterocycles. The van der Waals surface area contributed by atoms with E-state index in [1.54, 1.807) is 0 Å². The van der Waals surface area contributed by atoms with Gasteiger partial charge in [-0.2, -0.15) is 49.0 Å². The second-order valence-corrected chi connectivity index (χ2v) is 17.1. The van der Waals surface area contributed by atoms with Gasteiger partial charge < -0.3 is 13.6 Å². The first kappa shape index (κ1) is 62.5. The SMILES string of the molecule is CCOP(OCC)OCC.CCO[PH+](OCC)OCC.CCO[PH+](OCC)OCC.[CH]1[CH]CC[CH][CH]CC1.[Ir].c1ccc([B-](c2ccccc2)(c2ccccc2)c2ccccc2)cc1. The number of benzene rings is 4. The normalized spacial score (nSPS) is 12.4. The van der Waals surface area contributed by atoms with Gasteiger partial charge in [-0.1, -0.05) is 121 Å². The molecule has 0 spiro atoms. The van der Waals surface area contributed by atoms with Crippen molar-refractivity contribution in [3.63, 3.8) is 0 Å². The van der Waals surface area contributed by atoms with Gasteiger partial charge in [0.2, 0.25) is 0 Å². The van der Waals surface area contributed by atoms with Crippen LogP contribution >= 0.6 is 25.8 Å². The molecule has 4 aromatic carbocycles. The maximum absolute atomic E-state index is 5.18. The minimum Gasteiger partial charge on any atom is -0.313 e. The van der Waals surface area contributed by atoms with Crippen molar-refractivity contribution in [2.24, 2.45) is 0 Å². The number of hydrogen-bond donors (Lipinski definition) is 0. The van der Waals surface area contributed by atoms with Gasteiger partial charge in [0, 0.05) is 20.1 Å². The minimum atomic E-state index is -1.40. The molecule has 0 aliphatic heterocycles. The summed E-state index contributed by atoms with van der Waals surface area (Å²) in [4.78, 5) is 0. The first-order valence-corrected chi connectivity index (χ1v) is 26.4. The zero-order valence-corrected chi connectivity index (χ0v) is 45.4. The molecule has 14 heteroatoms. The van der Waals surface area contributed by atoms with Crippen LogP contribution in [-0.4, -0.2) is 65.6 Å². The predicted octanol–water partition coefficient (Wildman–Crippen LogP) is 11.9. The topological polar surface area (TPSA) is 83.1 Å².